The number of thioether (sulfide) groups is 1. The number of esters is 1. The topological polar surface area (TPSA) is 26.3 Å². The zero-order valence-electron chi connectivity index (χ0n) is 7.40. The molecule has 1 aromatic carbocycles. The Kier molecular flexibility index (Phi) is 2.99. The molecule has 4 heteroatoms. The first-order valence-electron chi connectivity index (χ1n) is 4.32. The Labute approximate surface area is 91.6 Å². The van der Waals surface area contributed by atoms with Gasteiger partial charge in [0.25, 0.3) is 0 Å². The van der Waals surface area contributed by atoms with Crippen LogP contribution in [0.4, 0.5) is 0 Å². The van der Waals surface area contributed by atoms with Gasteiger partial charge in [-0.1, -0.05) is 11.6 Å². The summed E-state index contributed by atoms with van der Waals surface area (Å²) in [6.07, 6.45) is 0.507. The highest BCUT2D eigenvalue weighted by Crippen LogP contribution is 2.29. The van der Waals surface area contributed by atoms with Crippen molar-refractivity contribution in [1.29, 1.82) is 0 Å². The predicted molar refractivity (Wildman–Crippen MR) is 56.7 cm³/mol. The normalized spacial score (nSPS) is 20.9. The standard InChI is InChI=1S/C10H9ClO2S/c11-7-1-3-8(4-2-7)14-9-5-10(12)13-6-9/h1-4,9H,5-6H2/t9-/m1/s1. The third-order valence-corrected chi connectivity index (χ3v) is 3.37. The highest BCUT2D eigenvalue weighted by Gasteiger charge is 2.24. The summed E-state index contributed by atoms with van der Waals surface area (Å²) in [6, 6.07) is 7.61. The molecule has 1 aliphatic rings. The van der Waals surface area contributed by atoms with E-state index in [2.05, 4.69) is 0 Å². The van der Waals surface area contributed by atoms with Gasteiger partial charge in [0.1, 0.15) is 6.61 Å². The molecule has 74 valence electrons. The number of halogens is 1. The van der Waals surface area contributed by atoms with Crippen LogP contribution in [-0.2, 0) is 9.53 Å². The number of ether oxygens (including phenoxy) is 1. The van der Waals surface area contributed by atoms with Gasteiger partial charge in [-0.3, -0.25) is 4.79 Å². The molecule has 1 atom stereocenters. The fraction of sp³-hybridized carbons (Fsp3) is 0.300. The largest absolute Gasteiger partial charge is 0.464 e. The molecule has 1 aliphatic heterocycles. The van der Waals surface area contributed by atoms with E-state index in [1.165, 1.54) is 0 Å². The Balaban J connectivity index is 1.97. The number of rotatable bonds is 2. The van der Waals surface area contributed by atoms with Crippen molar-refractivity contribution in [3.05, 3.63) is 29.3 Å². The lowest BCUT2D eigenvalue weighted by Gasteiger charge is -2.05. The van der Waals surface area contributed by atoms with Crippen LogP contribution in [-0.4, -0.2) is 17.8 Å². The molecule has 0 saturated carbocycles. The van der Waals surface area contributed by atoms with Gasteiger partial charge in [0.15, 0.2) is 0 Å². The molecule has 2 nitrogen and oxygen atoms in total. The third kappa shape index (κ3) is 2.42. The summed E-state index contributed by atoms with van der Waals surface area (Å²) >= 11 is 7.42. The van der Waals surface area contributed by atoms with E-state index < -0.39 is 0 Å². The van der Waals surface area contributed by atoms with Gasteiger partial charge in [0.05, 0.1) is 11.7 Å². The fourth-order valence-electron chi connectivity index (χ4n) is 1.27. The maximum Gasteiger partial charge on any atom is 0.307 e. The number of hydrogen-bond acceptors (Lipinski definition) is 3. The van der Waals surface area contributed by atoms with Crippen molar-refractivity contribution in [2.75, 3.05) is 6.61 Å². The molecule has 0 bridgehead atoms. The van der Waals surface area contributed by atoms with Gasteiger partial charge in [0.2, 0.25) is 0 Å². The molecular weight excluding hydrogens is 220 g/mol. The van der Waals surface area contributed by atoms with Crippen LogP contribution >= 0.6 is 23.4 Å². The number of hydrogen-bond donors (Lipinski definition) is 0. The van der Waals surface area contributed by atoms with Crippen molar-refractivity contribution in [2.45, 2.75) is 16.6 Å². The van der Waals surface area contributed by atoms with E-state index >= 15 is 0 Å². The second-order valence-corrected chi connectivity index (χ2v) is 4.89. The number of benzene rings is 1. The molecule has 14 heavy (non-hydrogen) atoms. The van der Waals surface area contributed by atoms with Crippen LogP contribution < -0.4 is 0 Å². The molecule has 1 heterocycles. The third-order valence-electron chi connectivity index (χ3n) is 1.94. The van der Waals surface area contributed by atoms with Gasteiger partial charge < -0.3 is 4.74 Å². The van der Waals surface area contributed by atoms with E-state index in [0.29, 0.717) is 13.0 Å². The quantitative estimate of drug-likeness (QED) is 0.729. The van der Waals surface area contributed by atoms with Gasteiger partial charge in [-0.2, -0.15) is 0 Å². The van der Waals surface area contributed by atoms with Crippen molar-refractivity contribution < 1.29 is 9.53 Å². The molecule has 0 aliphatic carbocycles. The first-order chi connectivity index (χ1) is 6.74. The summed E-state index contributed by atoms with van der Waals surface area (Å²) in [5, 5.41) is 0.983. The molecule has 2 rings (SSSR count). The first kappa shape index (κ1) is 9.87. The summed E-state index contributed by atoms with van der Waals surface area (Å²) in [5.74, 6) is -0.100. The average Bonchev–Trinajstić information content (AvgIpc) is 2.56. The summed E-state index contributed by atoms with van der Waals surface area (Å²) in [4.78, 5) is 12.0. The number of cyclic esters (lactones) is 1. The van der Waals surface area contributed by atoms with E-state index in [9.17, 15) is 4.79 Å². The average molecular weight is 229 g/mol. The highest BCUT2D eigenvalue weighted by molar-refractivity contribution is 8.00. The molecule has 0 N–H and O–H groups in total. The zero-order valence-corrected chi connectivity index (χ0v) is 8.98. The first-order valence-corrected chi connectivity index (χ1v) is 5.57. The van der Waals surface area contributed by atoms with Gasteiger partial charge in [-0.25, -0.2) is 0 Å². The SMILES string of the molecule is O=C1C[C@@H](Sc2ccc(Cl)cc2)CO1. The van der Waals surface area contributed by atoms with Gasteiger partial charge >= 0.3 is 5.97 Å². The molecule has 1 aromatic rings. The van der Waals surface area contributed by atoms with Crippen molar-refractivity contribution in [3.8, 4) is 0 Å². The summed E-state index contributed by atoms with van der Waals surface area (Å²) < 4.78 is 4.88. The van der Waals surface area contributed by atoms with Crippen molar-refractivity contribution in [1.82, 2.24) is 0 Å². The van der Waals surface area contributed by atoms with Crippen molar-refractivity contribution in [3.63, 3.8) is 0 Å². The van der Waals surface area contributed by atoms with Gasteiger partial charge in [-0.15, -0.1) is 11.8 Å². The number of carbonyl (C=O) groups is 1. The Morgan fingerprint density at radius 1 is 1.36 bits per heavy atom. The van der Waals surface area contributed by atoms with E-state index in [-0.39, 0.29) is 11.2 Å². The Bertz CT molecular complexity index is 336. The second-order valence-electron chi connectivity index (χ2n) is 3.08. The Morgan fingerprint density at radius 3 is 2.64 bits per heavy atom. The van der Waals surface area contributed by atoms with E-state index in [1.807, 2.05) is 24.3 Å². The molecule has 1 saturated heterocycles. The highest BCUT2D eigenvalue weighted by atomic mass is 35.5. The van der Waals surface area contributed by atoms with Crippen LogP contribution in [0.1, 0.15) is 6.42 Å². The van der Waals surface area contributed by atoms with Crippen molar-refractivity contribution >= 4 is 29.3 Å². The predicted octanol–water partition coefficient (Wildman–Crippen LogP) is 2.75. The summed E-state index contributed by atoms with van der Waals surface area (Å²) in [5.41, 5.74) is 0. The van der Waals surface area contributed by atoms with Crippen LogP contribution in [0.15, 0.2) is 29.2 Å². The Hall–Kier alpha value is -0.670. The lowest BCUT2D eigenvalue weighted by Crippen LogP contribution is -1.99. The number of carbonyl (C=O) groups excluding carboxylic acids is 1. The summed E-state index contributed by atoms with van der Waals surface area (Å²) in [6.45, 7) is 0.520. The van der Waals surface area contributed by atoms with E-state index in [0.717, 1.165) is 9.92 Å². The van der Waals surface area contributed by atoms with E-state index in [4.69, 9.17) is 16.3 Å². The summed E-state index contributed by atoms with van der Waals surface area (Å²) in [7, 11) is 0. The van der Waals surface area contributed by atoms with E-state index in [1.54, 1.807) is 11.8 Å². The minimum absolute atomic E-state index is 0.100. The second kappa shape index (κ2) is 4.24. The minimum Gasteiger partial charge on any atom is -0.464 e. The fourth-order valence-corrected chi connectivity index (χ4v) is 2.43. The molecule has 0 radical (unpaired) electrons. The molecule has 1 fully saturated rings. The van der Waals surface area contributed by atoms with Gasteiger partial charge in [-0.05, 0) is 24.3 Å². The molecule has 0 aromatic heterocycles. The van der Waals surface area contributed by atoms with Crippen LogP contribution in [0, 0.1) is 0 Å². The molecule has 0 unspecified atom stereocenters. The maximum absolute atomic E-state index is 10.8. The van der Waals surface area contributed by atoms with Crippen LogP contribution in [0.5, 0.6) is 0 Å². The zero-order chi connectivity index (χ0) is 9.97. The van der Waals surface area contributed by atoms with Crippen LogP contribution in [0.3, 0.4) is 0 Å². The monoisotopic (exact) mass is 228 g/mol. The maximum atomic E-state index is 10.8. The molecular formula is C10H9ClO2S. The van der Waals surface area contributed by atoms with Gasteiger partial charge in [0, 0.05) is 9.92 Å². The Morgan fingerprint density at radius 2 is 2.07 bits per heavy atom. The lowest BCUT2D eigenvalue weighted by molar-refractivity contribution is -0.137. The van der Waals surface area contributed by atoms with Crippen LogP contribution in [0.25, 0.3) is 0 Å². The van der Waals surface area contributed by atoms with Crippen LogP contribution in [0.2, 0.25) is 5.02 Å². The lowest BCUT2D eigenvalue weighted by atomic mass is 10.4. The smallest absolute Gasteiger partial charge is 0.307 e. The molecule has 0 amide bonds. The van der Waals surface area contributed by atoms with Crippen molar-refractivity contribution in [2.24, 2.45) is 0 Å². The minimum atomic E-state index is -0.100. The molecule has 0 spiro atoms.